The van der Waals surface area contributed by atoms with Gasteiger partial charge in [0.25, 0.3) is 0 Å². The number of ketones is 4. The molecule has 3 aliphatic carbocycles. The third-order valence-corrected chi connectivity index (χ3v) is 7.64. The highest BCUT2D eigenvalue weighted by Gasteiger charge is 2.69. The van der Waals surface area contributed by atoms with Gasteiger partial charge in [-0.3, -0.25) is 28.9 Å². The smallest absolute Gasteiger partial charge is 0.235 e. The van der Waals surface area contributed by atoms with Gasteiger partial charge in [0.1, 0.15) is 11.6 Å². The molecule has 1 aromatic carbocycles. The SMILES string of the molecule is CCNCc1cc(O)c2c(c1F)C[C@H]1C[C@H]3[C@H](N(C)C)C(=O)C(C(N)=O)C(=O)[C@@]3(O)C(=O)C1C2=O. The lowest BCUT2D eigenvalue weighted by molar-refractivity contribution is -0.181. The first-order valence-electron chi connectivity index (χ1n) is 11.5. The number of amides is 1. The van der Waals surface area contributed by atoms with Crippen molar-refractivity contribution < 1.29 is 38.6 Å². The summed E-state index contributed by atoms with van der Waals surface area (Å²) in [6, 6.07) is -0.0786. The summed E-state index contributed by atoms with van der Waals surface area (Å²) in [5, 5.41) is 25.0. The lowest BCUT2D eigenvalue weighted by Gasteiger charge is -2.52. The number of nitrogens with two attached hydrogens (primary N) is 1. The Bertz CT molecular complexity index is 1170. The maximum absolute atomic E-state index is 15.4. The summed E-state index contributed by atoms with van der Waals surface area (Å²) >= 11 is 0. The number of aliphatic hydroxyl groups is 1. The summed E-state index contributed by atoms with van der Waals surface area (Å²) in [5.41, 5.74) is 2.25. The van der Waals surface area contributed by atoms with Crippen molar-refractivity contribution >= 4 is 29.0 Å². The van der Waals surface area contributed by atoms with Gasteiger partial charge in [-0.15, -0.1) is 0 Å². The van der Waals surface area contributed by atoms with Gasteiger partial charge in [0.15, 0.2) is 34.7 Å². The van der Waals surface area contributed by atoms with Crippen molar-refractivity contribution in [2.45, 2.75) is 38.0 Å². The molecular formula is C24H28FN3O7. The molecule has 1 amide bonds. The maximum Gasteiger partial charge on any atom is 0.235 e. The van der Waals surface area contributed by atoms with Crippen molar-refractivity contribution in [2.75, 3.05) is 20.6 Å². The third kappa shape index (κ3) is 3.44. The van der Waals surface area contributed by atoms with Crippen LogP contribution < -0.4 is 11.1 Å². The first-order chi connectivity index (χ1) is 16.4. The molecule has 1 aromatic rings. The van der Waals surface area contributed by atoms with E-state index in [1.807, 2.05) is 6.92 Å². The van der Waals surface area contributed by atoms with Gasteiger partial charge in [-0.05, 0) is 45.5 Å². The normalized spacial score (nSPS) is 32.3. The molecule has 6 atom stereocenters. The highest BCUT2D eigenvalue weighted by atomic mass is 19.1. The van der Waals surface area contributed by atoms with Crippen LogP contribution in [0.3, 0.4) is 0 Å². The van der Waals surface area contributed by atoms with Crippen LogP contribution in [0.25, 0.3) is 0 Å². The van der Waals surface area contributed by atoms with Crippen LogP contribution in [0.2, 0.25) is 0 Å². The summed E-state index contributed by atoms with van der Waals surface area (Å²) in [4.78, 5) is 66.6. The van der Waals surface area contributed by atoms with Crippen molar-refractivity contribution in [1.82, 2.24) is 10.2 Å². The summed E-state index contributed by atoms with van der Waals surface area (Å²) in [7, 11) is 3.00. The Morgan fingerprint density at radius 3 is 2.49 bits per heavy atom. The molecule has 0 radical (unpaired) electrons. The number of primary amides is 1. The van der Waals surface area contributed by atoms with E-state index in [9.17, 15) is 34.2 Å². The Morgan fingerprint density at radius 2 is 1.91 bits per heavy atom. The van der Waals surface area contributed by atoms with E-state index in [2.05, 4.69) is 5.32 Å². The van der Waals surface area contributed by atoms with Crippen LogP contribution in [0.4, 0.5) is 4.39 Å². The number of fused-ring (bicyclic) bond motifs is 3. The number of halogens is 1. The lowest BCUT2D eigenvalue weighted by Crippen LogP contribution is -2.74. The Labute approximate surface area is 200 Å². The molecule has 11 heteroatoms. The topological polar surface area (TPSA) is 167 Å². The van der Waals surface area contributed by atoms with E-state index in [1.54, 1.807) is 0 Å². The van der Waals surface area contributed by atoms with Gasteiger partial charge >= 0.3 is 0 Å². The number of Topliss-reactive ketones (excluding diaryl/α,β-unsaturated/α-hetero) is 4. The zero-order chi connectivity index (χ0) is 26.0. The molecular weight excluding hydrogens is 461 g/mol. The molecule has 0 aromatic heterocycles. The summed E-state index contributed by atoms with van der Waals surface area (Å²) in [5.74, 6) is -12.3. The lowest BCUT2D eigenvalue weighted by atomic mass is 9.52. The van der Waals surface area contributed by atoms with Gasteiger partial charge in [-0.2, -0.15) is 0 Å². The second-order valence-electron chi connectivity index (χ2n) is 9.79. The standard InChI is InChI=1S/C24H28FN3O7/c1-4-27-8-10-7-13(29)15-11(17(10)25)5-9-6-12-18(28(2)3)20(31)16(23(26)34)22(33)24(12,35)21(32)14(9)19(15)30/h7,9,12,14,16,18,27,29,35H,4-6,8H2,1-3H3,(H2,26,34)/t9-,12-,14?,16?,18-,24-/m0/s1. The van der Waals surface area contributed by atoms with Crippen LogP contribution in [0.15, 0.2) is 6.07 Å². The number of hydrogen-bond donors (Lipinski definition) is 4. The molecule has 2 unspecified atom stereocenters. The summed E-state index contributed by atoms with van der Waals surface area (Å²) < 4.78 is 15.4. The predicted octanol–water partition coefficient (Wildman–Crippen LogP) is -0.884. The molecule has 10 nitrogen and oxygen atoms in total. The third-order valence-electron chi connectivity index (χ3n) is 7.64. The number of carbonyl (C=O) groups is 5. The van der Waals surface area contributed by atoms with Gasteiger partial charge in [0.05, 0.1) is 17.5 Å². The quantitative estimate of drug-likeness (QED) is 0.384. The molecule has 2 saturated carbocycles. The van der Waals surface area contributed by atoms with Crippen molar-refractivity contribution in [3.63, 3.8) is 0 Å². The first-order valence-corrected chi connectivity index (χ1v) is 11.5. The number of phenols is 1. The average Bonchev–Trinajstić information content (AvgIpc) is 2.77. The largest absolute Gasteiger partial charge is 0.507 e. The Kier molecular flexibility index (Phi) is 6.15. The van der Waals surface area contributed by atoms with Gasteiger partial charge in [-0.1, -0.05) is 6.92 Å². The Balaban J connectivity index is 1.84. The number of likely N-dealkylation sites (N-methyl/N-ethyl adjacent to an activating group) is 1. The van der Waals surface area contributed by atoms with Gasteiger partial charge in [0, 0.05) is 23.6 Å². The van der Waals surface area contributed by atoms with E-state index in [0.717, 1.165) is 6.07 Å². The van der Waals surface area contributed by atoms with E-state index < -0.39 is 75.9 Å². The van der Waals surface area contributed by atoms with E-state index in [4.69, 9.17) is 5.73 Å². The van der Waals surface area contributed by atoms with Gasteiger partial charge < -0.3 is 21.3 Å². The van der Waals surface area contributed by atoms with Crippen LogP contribution >= 0.6 is 0 Å². The molecule has 2 fully saturated rings. The van der Waals surface area contributed by atoms with Crippen LogP contribution in [-0.4, -0.2) is 76.4 Å². The molecule has 35 heavy (non-hydrogen) atoms. The fourth-order valence-corrected chi connectivity index (χ4v) is 6.10. The van der Waals surface area contributed by atoms with Crippen molar-refractivity contribution in [2.24, 2.45) is 29.4 Å². The molecule has 3 aliphatic rings. The summed E-state index contributed by atoms with van der Waals surface area (Å²) in [6.07, 6.45) is -0.229. The highest BCUT2D eigenvalue weighted by molar-refractivity contribution is 6.32. The second-order valence-corrected chi connectivity index (χ2v) is 9.79. The molecule has 0 saturated heterocycles. The first kappa shape index (κ1) is 25.1. The molecule has 188 valence electrons. The van der Waals surface area contributed by atoms with E-state index in [0.29, 0.717) is 6.54 Å². The number of aromatic hydroxyl groups is 1. The van der Waals surface area contributed by atoms with Crippen LogP contribution in [-0.2, 0) is 32.1 Å². The van der Waals surface area contributed by atoms with Crippen LogP contribution in [0.1, 0.15) is 34.8 Å². The number of nitrogens with zero attached hydrogens (tertiary/aromatic N) is 1. The average molecular weight is 490 g/mol. The van der Waals surface area contributed by atoms with Gasteiger partial charge in [-0.25, -0.2) is 4.39 Å². The molecule has 5 N–H and O–H groups in total. The minimum absolute atomic E-state index is 0.0349. The molecule has 0 bridgehead atoms. The number of rotatable bonds is 5. The minimum Gasteiger partial charge on any atom is -0.507 e. The van der Waals surface area contributed by atoms with E-state index >= 15 is 4.39 Å². The highest BCUT2D eigenvalue weighted by Crippen LogP contribution is 2.51. The molecule has 4 rings (SSSR count). The minimum atomic E-state index is -2.80. The number of phenolic OH excluding ortho intramolecular Hbond substituents is 1. The van der Waals surface area contributed by atoms with Crippen molar-refractivity contribution in [3.05, 3.63) is 28.6 Å². The van der Waals surface area contributed by atoms with Gasteiger partial charge in [0.2, 0.25) is 5.91 Å². The fraction of sp³-hybridized carbons (Fsp3) is 0.542. The molecule has 0 heterocycles. The number of carbonyl (C=O) groups excluding carboxylic acids is 5. The maximum atomic E-state index is 15.4. The zero-order valence-corrected chi connectivity index (χ0v) is 19.6. The zero-order valence-electron chi connectivity index (χ0n) is 19.6. The molecule has 0 aliphatic heterocycles. The van der Waals surface area contributed by atoms with E-state index in [-0.39, 0.29) is 36.1 Å². The fourth-order valence-electron chi connectivity index (χ4n) is 6.10. The van der Waals surface area contributed by atoms with Crippen LogP contribution in [0, 0.1) is 29.5 Å². The van der Waals surface area contributed by atoms with E-state index in [1.165, 1.54) is 19.0 Å². The number of hydrogen-bond acceptors (Lipinski definition) is 9. The van der Waals surface area contributed by atoms with Crippen LogP contribution in [0.5, 0.6) is 5.75 Å². The van der Waals surface area contributed by atoms with Crippen molar-refractivity contribution in [3.8, 4) is 5.75 Å². The Hall–Kier alpha value is -3.02. The summed E-state index contributed by atoms with van der Waals surface area (Å²) in [6.45, 7) is 2.50. The predicted molar refractivity (Wildman–Crippen MR) is 119 cm³/mol. The van der Waals surface area contributed by atoms with Crippen molar-refractivity contribution in [1.29, 1.82) is 0 Å². The second kappa shape index (κ2) is 8.58. The Morgan fingerprint density at radius 1 is 1.26 bits per heavy atom. The number of nitrogens with one attached hydrogen (secondary N) is 1. The molecule has 0 spiro atoms. The number of benzene rings is 1. The monoisotopic (exact) mass is 489 g/mol.